The zero-order valence-electron chi connectivity index (χ0n) is 9.90. The number of halogens is 1. The number of aryl methyl sites for hydroxylation is 1. The van der Waals surface area contributed by atoms with Gasteiger partial charge in [0.25, 0.3) is 0 Å². The van der Waals surface area contributed by atoms with Crippen LogP contribution in [0.15, 0.2) is 29.6 Å². The molecule has 0 saturated heterocycles. The third kappa shape index (κ3) is 3.35. The minimum Gasteiger partial charge on any atom is -0.304 e. The highest BCUT2D eigenvalue weighted by Crippen LogP contribution is 2.15. The molecule has 1 aromatic heterocycles. The maximum atomic E-state index is 12.8. The highest BCUT2D eigenvalue weighted by molar-refractivity contribution is 7.09. The molecule has 2 nitrogen and oxygen atoms in total. The van der Waals surface area contributed by atoms with Gasteiger partial charge in [-0.05, 0) is 31.5 Å². The Morgan fingerprint density at radius 1 is 1.35 bits per heavy atom. The van der Waals surface area contributed by atoms with Crippen LogP contribution in [0.25, 0.3) is 0 Å². The highest BCUT2D eigenvalue weighted by atomic mass is 32.1. The Kier molecular flexibility index (Phi) is 3.86. The van der Waals surface area contributed by atoms with Gasteiger partial charge < -0.3 is 5.32 Å². The van der Waals surface area contributed by atoms with Gasteiger partial charge in [0, 0.05) is 23.7 Å². The van der Waals surface area contributed by atoms with Crippen molar-refractivity contribution >= 4 is 11.3 Å². The van der Waals surface area contributed by atoms with Crippen LogP contribution in [-0.4, -0.2) is 4.98 Å². The van der Waals surface area contributed by atoms with Gasteiger partial charge in [-0.25, -0.2) is 9.37 Å². The summed E-state index contributed by atoms with van der Waals surface area (Å²) in [7, 11) is 0. The summed E-state index contributed by atoms with van der Waals surface area (Å²) in [5.74, 6) is -0.198. The molecule has 0 radical (unpaired) electrons. The number of benzene rings is 1. The molecular formula is C13H15FN2S. The molecule has 2 aromatic rings. The van der Waals surface area contributed by atoms with E-state index in [1.807, 2.05) is 12.3 Å². The minimum atomic E-state index is -0.198. The zero-order valence-corrected chi connectivity index (χ0v) is 10.7. The van der Waals surface area contributed by atoms with Crippen LogP contribution < -0.4 is 5.32 Å². The van der Waals surface area contributed by atoms with E-state index in [0.717, 1.165) is 22.8 Å². The van der Waals surface area contributed by atoms with Crippen LogP contribution >= 0.6 is 11.3 Å². The van der Waals surface area contributed by atoms with Gasteiger partial charge in [-0.1, -0.05) is 12.1 Å². The van der Waals surface area contributed by atoms with Crippen LogP contribution in [0.5, 0.6) is 0 Å². The number of thiazole rings is 1. The summed E-state index contributed by atoms with van der Waals surface area (Å²) in [5.41, 5.74) is 2.14. The summed E-state index contributed by atoms with van der Waals surface area (Å²) in [6.07, 6.45) is 0. The Morgan fingerprint density at radius 3 is 2.65 bits per heavy atom. The van der Waals surface area contributed by atoms with E-state index in [2.05, 4.69) is 17.2 Å². The van der Waals surface area contributed by atoms with Crippen molar-refractivity contribution in [1.82, 2.24) is 10.3 Å². The average molecular weight is 250 g/mol. The van der Waals surface area contributed by atoms with Crippen molar-refractivity contribution in [2.24, 2.45) is 0 Å². The fourth-order valence-electron chi connectivity index (χ4n) is 1.59. The van der Waals surface area contributed by atoms with E-state index >= 15 is 0 Å². The number of rotatable bonds is 4. The van der Waals surface area contributed by atoms with E-state index in [9.17, 15) is 4.39 Å². The van der Waals surface area contributed by atoms with Crippen molar-refractivity contribution in [2.75, 3.05) is 0 Å². The molecule has 0 aliphatic rings. The maximum absolute atomic E-state index is 12.8. The van der Waals surface area contributed by atoms with Gasteiger partial charge in [-0.15, -0.1) is 11.3 Å². The lowest BCUT2D eigenvalue weighted by atomic mass is 10.1. The second kappa shape index (κ2) is 5.38. The summed E-state index contributed by atoms with van der Waals surface area (Å²) in [4.78, 5) is 4.39. The van der Waals surface area contributed by atoms with Crippen LogP contribution in [0, 0.1) is 12.7 Å². The lowest BCUT2D eigenvalue weighted by Gasteiger charge is -2.12. The summed E-state index contributed by atoms with van der Waals surface area (Å²) in [6, 6.07) is 6.78. The lowest BCUT2D eigenvalue weighted by Crippen LogP contribution is -2.17. The minimum absolute atomic E-state index is 0.194. The van der Waals surface area contributed by atoms with E-state index in [4.69, 9.17) is 0 Å². The number of nitrogens with one attached hydrogen (secondary N) is 1. The van der Waals surface area contributed by atoms with Crippen LogP contribution in [0.4, 0.5) is 4.39 Å². The largest absolute Gasteiger partial charge is 0.304 e. The van der Waals surface area contributed by atoms with Gasteiger partial charge in [0.2, 0.25) is 0 Å². The molecule has 0 spiro atoms. The molecule has 0 unspecified atom stereocenters. The van der Waals surface area contributed by atoms with Gasteiger partial charge in [0.15, 0.2) is 0 Å². The lowest BCUT2D eigenvalue weighted by molar-refractivity contribution is 0.569. The molecule has 1 N–H and O–H groups in total. The number of hydrogen-bond acceptors (Lipinski definition) is 3. The molecule has 2 rings (SSSR count). The fourth-order valence-corrected chi connectivity index (χ4v) is 2.32. The van der Waals surface area contributed by atoms with Crippen molar-refractivity contribution in [3.05, 3.63) is 51.7 Å². The summed E-state index contributed by atoms with van der Waals surface area (Å²) in [6.45, 7) is 4.80. The van der Waals surface area contributed by atoms with E-state index in [1.54, 1.807) is 23.5 Å². The molecule has 0 bridgehead atoms. The molecule has 1 aromatic carbocycles. The van der Waals surface area contributed by atoms with Crippen LogP contribution in [0.2, 0.25) is 0 Å². The first-order chi connectivity index (χ1) is 8.15. The van der Waals surface area contributed by atoms with E-state index in [-0.39, 0.29) is 11.9 Å². The monoisotopic (exact) mass is 250 g/mol. The predicted octanol–water partition coefficient (Wildman–Crippen LogP) is 3.44. The topological polar surface area (TPSA) is 24.9 Å². The molecule has 1 heterocycles. The van der Waals surface area contributed by atoms with Crippen molar-refractivity contribution in [3.8, 4) is 0 Å². The fraction of sp³-hybridized carbons (Fsp3) is 0.308. The second-order valence-corrected chi connectivity index (χ2v) is 4.98. The van der Waals surface area contributed by atoms with Crippen molar-refractivity contribution in [3.63, 3.8) is 0 Å². The molecular weight excluding hydrogens is 235 g/mol. The molecule has 0 saturated carbocycles. The third-order valence-corrected chi connectivity index (χ3v) is 3.56. The molecule has 4 heteroatoms. The van der Waals surface area contributed by atoms with Crippen molar-refractivity contribution < 1.29 is 4.39 Å². The Bertz CT molecular complexity index is 478. The normalized spacial score (nSPS) is 12.6. The Labute approximate surface area is 105 Å². The summed E-state index contributed by atoms with van der Waals surface area (Å²) >= 11 is 1.66. The molecule has 1 atom stereocenters. The van der Waals surface area contributed by atoms with E-state index in [0.29, 0.717) is 0 Å². The van der Waals surface area contributed by atoms with E-state index in [1.165, 1.54) is 12.1 Å². The first-order valence-corrected chi connectivity index (χ1v) is 6.43. The zero-order chi connectivity index (χ0) is 12.3. The van der Waals surface area contributed by atoms with Gasteiger partial charge in [-0.3, -0.25) is 0 Å². The standard InChI is InChI=1S/C13H15FN2S/c1-9-8-17-13(16-9)7-15-10(2)11-3-5-12(14)6-4-11/h3-6,8,10,15H,7H2,1-2H3/t10-/m0/s1. The smallest absolute Gasteiger partial charge is 0.123 e. The number of hydrogen-bond donors (Lipinski definition) is 1. The third-order valence-electron chi connectivity index (χ3n) is 2.60. The van der Waals surface area contributed by atoms with Crippen LogP contribution in [0.3, 0.4) is 0 Å². The Hall–Kier alpha value is -1.26. The van der Waals surface area contributed by atoms with Gasteiger partial charge in [-0.2, -0.15) is 0 Å². The van der Waals surface area contributed by atoms with E-state index < -0.39 is 0 Å². The number of nitrogens with zero attached hydrogens (tertiary/aromatic N) is 1. The summed E-state index contributed by atoms with van der Waals surface area (Å²) in [5, 5.41) is 6.49. The van der Waals surface area contributed by atoms with Gasteiger partial charge >= 0.3 is 0 Å². The molecule has 0 amide bonds. The molecule has 17 heavy (non-hydrogen) atoms. The molecule has 90 valence electrons. The van der Waals surface area contributed by atoms with Crippen molar-refractivity contribution in [1.29, 1.82) is 0 Å². The summed E-state index contributed by atoms with van der Waals surface area (Å²) < 4.78 is 12.8. The van der Waals surface area contributed by atoms with Crippen LogP contribution in [0.1, 0.15) is 29.2 Å². The molecule has 0 fully saturated rings. The first kappa shape index (κ1) is 12.2. The quantitative estimate of drug-likeness (QED) is 0.899. The Balaban J connectivity index is 1.93. The highest BCUT2D eigenvalue weighted by Gasteiger charge is 2.06. The van der Waals surface area contributed by atoms with Gasteiger partial charge in [0.1, 0.15) is 10.8 Å². The molecule has 0 aliphatic heterocycles. The second-order valence-electron chi connectivity index (χ2n) is 4.04. The first-order valence-electron chi connectivity index (χ1n) is 5.55. The van der Waals surface area contributed by atoms with Gasteiger partial charge in [0.05, 0.1) is 0 Å². The Morgan fingerprint density at radius 2 is 2.06 bits per heavy atom. The number of aromatic nitrogens is 1. The average Bonchev–Trinajstić information content (AvgIpc) is 2.73. The maximum Gasteiger partial charge on any atom is 0.123 e. The van der Waals surface area contributed by atoms with Crippen molar-refractivity contribution in [2.45, 2.75) is 26.4 Å². The molecule has 0 aliphatic carbocycles. The predicted molar refractivity (Wildman–Crippen MR) is 68.5 cm³/mol. The SMILES string of the molecule is Cc1csc(CN[C@@H](C)c2ccc(F)cc2)n1. The van der Waals surface area contributed by atoms with Crippen LogP contribution in [-0.2, 0) is 6.54 Å².